The van der Waals surface area contributed by atoms with Crippen LogP contribution in [0.25, 0.3) is 11.3 Å². The zero-order chi connectivity index (χ0) is 19.9. The molecule has 0 saturated heterocycles. The van der Waals surface area contributed by atoms with Gasteiger partial charge in [0.05, 0.1) is 17.7 Å². The second-order valence-corrected chi connectivity index (χ2v) is 7.04. The molecule has 1 saturated carbocycles. The lowest BCUT2D eigenvalue weighted by atomic mass is 9.95. The number of nitrogens with one attached hydrogen (secondary N) is 2. The Balaban J connectivity index is 1.53. The Kier molecular flexibility index (Phi) is 6.78. The molecule has 0 radical (unpaired) electrons. The number of nitrogens with zero attached hydrogens (tertiary/aromatic N) is 2. The molecule has 0 spiro atoms. The molecule has 1 amide bonds. The quantitative estimate of drug-likeness (QED) is 0.413. The van der Waals surface area contributed by atoms with Crippen LogP contribution in [-0.2, 0) is 4.79 Å². The molecule has 1 aliphatic carbocycles. The Morgan fingerprint density at radius 1 is 1.29 bits per heavy atom. The molecule has 0 unspecified atom stereocenters. The highest BCUT2D eigenvalue weighted by atomic mass is 35.5. The third-order valence-corrected chi connectivity index (χ3v) is 4.91. The minimum absolute atomic E-state index is 0.0617. The fourth-order valence-electron chi connectivity index (χ4n) is 3.13. The molecular formula is C19H21ClN4O4. The summed E-state index contributed by atoms with van der Waals surface area (Å²) >= 11 is 5.82. The van der Waals surface area contributed by atoms with Crippen LogP contribution in [0.4, 0.5) is 5.69 Å². The first-order valence-corrected chi connectivity index (χ1v) is 9.50. The Hall–Kier alpha value is -2.71. The Bertz CT molecular complexity index is 875. The van der Waals surface area contributed by atoms with E-state index in [9.17, 15) is 14.9 Å². The van der Waals surface area contributed by atoms with Crippen LogP contribution in [0.5, 0.6) is 0 Å². The van der Waals surface area contributed by atoms with Crippen molar-refractivity contribution in [1.82, 2.24) is 10.7 Å². The highest BCUT2D eigenvalue weighted by Gasteiger charge is 2.15. The number of rotatable bonds is 7. The summed E-state index contributed by atoms with van der Waals surface area (Å²) in [5.41, 5.74) is 2.79. The van der Waals surface area contributed by atoms with E-state index in [2.05, 4.69) is 15.8 Å². The van der Waals surface area contributed by atoms with E-state index in [0.717, 1.165) is 12.8 Å². The van der Waals surface area contributed by atoms with E-state index in [-0.39, 0.29) is 23.2 Å². The molecule has 0 aliphatic heterocycles. The fourth-order valence-corrected chi connectivity index (χ4v) is 3.32. The van der Waals surface area contributed by atoms with Crippen molar-refractivity contribution >= 4 is 29.4 Å². The molecule has 28 heavy (non-hydrogen) atoms. The van der Waals surface area contributed by atoms with Crippen LogP contribution in [0.3, 0.4) is 0 Å². The van der Waals surface area contributed by atoms with Crippen LogP contribution < -0.4 is 10.7 Å². The van der Waals surface area contributed by atoms with Gasteiger partial charge < -0.3 is 9.73 Å². The molecule has 3 rings (SSSR count). The summed E-state index contributed by atoms with van der Waals surface area (Å²) < 4.78 is 5.60. The zero-order valence-electron chi connectivity index (χ0n) is 15.2. The molecule has 1 heterocycles. The normalized spacial score (nSPS) is 15.0. The number of benzene rings is 1. The average Bonchev–Trinajstić information content (AvgIpc) is 3.16. The van der Waals surface area contributed by atoms with Gasteiger partial charge in [-0.25, -0.2) is 5.43 Å². The molecule has 1 aliphatic rings. The monoisotopic (exact) mass is 404 g/mol. The Morgan fingerprint density at radius 2 is 2.07 bits per heavy atom. The fraction of sp³-hybridized carbons (Fsp3) is 0.368. The number of halogens is 1. The van der Waals surface area contributed by atoms with Gasteiger partial charge in [0.25, 0.3) is 11.6 Å². The first-order chi connectivity index (χ1) is 13.5. The number of furan rings is 1. The summed E-state index contributed by atoms with van der Waals surface area (Å²) in [6.07, 6.45) is 7.27. The Labute approximate surface area is 167 Å². The predicted octanol–water partition coefficient (Wildman–Crippen LogP) is 3.88. The van der Waals surface area contributed by atoms with Crippen LogP contribution in [0.1, 0.15) is 37.9 Å². The number of nitro benzene ring substituents is 1. The minimum atomic E-state index is -0.548. The maximum absolute atomic E-state index is 11.8. The second kappa shape index (κ2) is 9.48. The summed E-state index contributed by atoms with van der Waals surface area (Å²) in [6, 6.07) is 8.16. The molecule has 2 aromatic rings. The van der Waals surface area contributed by atoms with Gasteiger partial charge in [0.15, 0.2) is 0 Å². The molecular weight excluding hydrogens is 384 g/mol. The maximum atomic E-state index is 11.8. The molecule has 1 aromatic carbocycles. The number of amides is 1. The Morgan fingerprint density at radius 3 is 2.82 bits per heavy atom. The predicted molar refractivity (Wildman–Crippen MR) is 106 cm³/mol. The van der Waals surface area contributed by atoms with Crippen molar-refractivity contribution in [1.29, 1.82) is 0 Å². The van der Waals surface area contributed by atoms with Gasteiger partial charge in [-0.15, -0.1) is 0 Å². The van der Waals surface area contributed by atoms with Crippen LogP contribution in [0, 0.1) is 10.1 Å². The van der Waals surface area contributed by atoms with E-state index >= 15 is 0 Å². The third kappa shape index (κ3) is 5.40. The largest absolute Gasteiger partial charge is 0.455 e. The number of hydrogen-bond acceptors (Lipinski definition) is 6. The van der Waals surface area contributed by atoms with Crippen molar-refractivity contribution in [2.24, 2.45) is 5.10 Å². The van der Waals surface area contributed by atoms with Crippen LogP contribution in [0.2, 0.25) is 5.02 Å². The number of carbonyl (C=O) groups is 1. The van der Waals surface area contributed by atoms with E-state index in [4.69, 9.17) is 16.0 Å². The number of hydrogen-bond donors (Lipinski definition) is 2. The summed E-state index contributed by atoms with van der Waals surface area (Å²) in [4.78, 5) is 22.3. The summed E-state index contributed by atoms with van der Waals surface area (Å²) in [7, 11) is 0. The first-order valence-electron chi connectivity index (χ1n) is 9.12. The number of nitro groups is 1. The van der Waals surface area contributed by atoms with Crippen molar-refractivity contribution in [3.63, 3.8) is 0 Å². The van der Waals surface area contributed by atoms with Crippen molar-refractivity contribution in [3.8, 4) is 11.3 Å². The van der Waals surface area contributed by atoms with Gasteiger partial charge in [-0.1, -0.05) is 30.9 Å². The van der Waals surface area contributed by atoms with E-state index in [1.165, 1.54) is 37.6 Å². The minimum Gasteiger partial charge on any atom is -0.455 e. The van der Waals surface area contributed by atoms with E-state index in [1.54, 1.807) is 18.2 Å². The van der Waals surface area contributed by atoms with E-state index in [0.29, 0.717) is 23.1 Å². The van der Waals surface area contributed by atoms with Gasteiger partial charge >= 0.3 is 0 Å². The van der Waals surface area contributed by atoms with Crippen molar-refractivity contribution in [2.45, 2.75) is 38.1 Å². The van der Waals surface area contributed by atoms with E-state index < -0.39 is 4.92 Å². The molecule has 0 atom stereocenters. The van der Waals surface area contributed by atoms with Crippen LogP contribution in [0.15, 0.2) is 39.9 Å². The zero-order valence-corrected chi connectivity index (χ0v) is 15.9. The van der Waals surface area contributed by atoms with Gasteiger partial charge in [-0.05, 0) is 37.1 Å². The summed E-state index contributed by atoms with van der Waals surface area (Å²) in [6.45, 7) is 0.222. The lowest BCUT2D eigenvalue weighted by Crippen LogP contribution is -2.38. The van der Waals surface area contributed by atoms with Gasteiger partial charge in [-0.2, -0.15) is 5.10 Å². The van der Waals surface area contributed by atoms with Crippen LogP contribution in [-0.4, -0.2) is 29.6 Å². The molecule has 9 heteroatoms. The average molecular weight is 405 g/mol. The summed E-state index contributed by atoms with van der Waals surface area (Å²) in [5.74, 6) is 0.626. The molecule has 2 N–H and O–H groups in total. The van der Waals surface area contributed by atoms with E-state index in [1.807, 2.05) is 0 Å². The molecule has 0 bridgehead atoms. The standard InChI is InChI=1S/C19H21ClN4O4/c20-16-8-6-13(10-17(16)24(26)27)18-9-7-15(28-18)11-22-23-19(25)12-21-14-4-2-1-3-5-14/h6-11,14,21H,1-5,12H2,(H,23,25)/b22-11-. The lowest BCUT2D eigenvalue weighted by Gasteiger charge is -2.22. The van der Waals surface area contributed by atoms with Gasteiger partial charge in [-0.3, -0.25) is 14.9 Å². The third-order valence-electron chi connectivity index (χ3n) is 4.59. The summed E-state index contributed by atoms with van der Waals surface area (Å²) in [5, 5.41) is 18.2. The van der Waals surface area contributed by atoms with Crippen molar-refractivity contribution < 1.29 is 14.1 Å². The molecule has 1 aromatic heterocycles. The smallest absolute Gasteiger partial charge is 0.288 e. The van der Waals surface area contributed by atoms with Crippen LogP contribution >= 0.6 is 11.6 Å². The topological polar surface area (TPSA) is 110 Å². The molecule has 1 fully saturated rings. The molecule has 148 valence electrons. The lowest BCUT2D eigenvalue weighted by molar-refractivity contribution is -0.384. The number of carbonyl (C=O) groups excluding carboxylic acids is 1. The second-order valence-electron chi connectivity index (χ2n) is 6.63. The number of hydrazone groups is 1. The highest BCUT2D eigenvalue weighted by Crippen LogP contribution is 2.31. The van der Waals surface area contributed by atoms with Crippen molar-refractivity contribution in [3.05, 3.63) is 51.2 Å². The highest BCUT2D eigenvalue weighted by molar-refractivity contribution is 6.32. The van der Waals surface area contributed by atoms with Gasteiger partial charge in [0.2, 0.25) is 0 Å². The first kappa shape index (κ1) is 20.0. The van der Waals surface area contributed by atoms with Gasteiger partial charge in [0, 0.05) is 17.7 Å². The maximum Gasteiger partial charge on any atom is 0.288 e. The molecule has 8 nitrogen and oxygen atoms in total. The van der Waals surface area contributed by atoms with Gasteiger partial charge in [0.1, 0.15) is 16.5 Å². The van der Waals surface area contributed by atoms with Crippen molar-refractivity contribution in [2.75, 3.05) is 6.54 Å². The SMILES string of the molecule is O=C(CNC1CCCCC1)N/N=C\c1ccc(-c2ccc(Cl)c([N+](=O)[O-])c2)o1.